The van der Waals surface area contributed by atoms with E-state index in [0.717, 1.165) is 14.2 Å². The van der Waals surface area contributed by atoms with Crippen molar-refractivity contribution in [1.82, 2.24) is 19.9 Å². The highest BCUT2D eigenvalue weighted by atomic mass is 125. The van der Waals surface area contributed by atoms with Gasteiger partial charge in [0.25, 0.3) is 11.8 Å². The van der Waals surface area contributed by atoms with Crippen molar-refractivity contribution in [3.8, 4) is 0 Å². The second kappa shape index (κ2) is 5.76. The molecule has 21 heavy (non-hydrogen) atoms. The molecule has 1 aliphatic rings. The largest absolute Gasteiger partial charge is 0.269 e. The molecule has 7 heteroatoms. The Balaban J connectivity index is 1.77. The molecule has 0 saturated carbocycles. The number of halogens is 1. The molecule has 2 heterocycles. The first-order valence-corrected chi connectivity index (χ1v) is 7.38. The molecule has 6 nitrogen and oxygen atoms in total. The summed E-state index contributed by atoms with van der Waals surface area (Å²) in [6.07, 6.45) is 2.53. The van der Waals surface area contributed by atoms with E-state index in [9.17, 15) is 9.59 Å². The van der Waals surface area contributed by atoms with Crippen molar-refractivity contribution in [1.29, 1.82) is 0 Å². The molecule has 106 valence electrons. The van der Waals surface area contributed by atoms with Crippen LogP contribution in [0.25, 0.3) is 0 Å². The highest BCUT2D eigenvalue weighted by Crippen LogP contribution is 2.15. The van der Waals surface area contributed by atoms with Crippen molar-refractivity contribution in [3.63, 3.8) is 0 Å². The summed E-state index contributed by atoms with van der Waals surface area (Å²) in [6, 6.07) is 9.91. The van der Waals surface area contributed by atoms with Gasteiger partial charge in [-0.25, -0.2) is 4.68 Å². The molecule has 0 saturated heterocycles. The van der Waals surface area contributed by atoms with Gasteiger partial charge in [0, 0.05) is 12.2 Å². The van der Waals surface area contributed by atoms with Gasteiger partial charge in [0.15, 0.2) is 0 Å². The maximum absolute atomic E-state index is 11.6. The summed E-state index contributed by atoms with van der Waals surface area (Å²) in [6.45, 7) is 0.754. The summed E-state index contributed by atoms with van der Waals surface area (Å²) in [7, 11) is 0. The van der Waals surface area contributed by atoms with E-state index in [1.54, 1.807) is 4.68 Å². The average Bonchev–Trinajstić information content (AvgIpc) is 2.99. The van der Waals surface area contributed by atoms with Crippen molar-refractivity contribution >= 4 is 34.4 Å². The summed E-state index contributed by atoms with van der Waals surface area (Å²) < 4.78 is 2.58. The first-order valence-electron chi connectivity index (χ1n) is 6.30. The van der Waals surface area contributed by atoms with Gasteiger partial charge in [0.2, 0.25) is 0 Å². The van der Waals surface area contributed by atoms with Gasteiger partial charge < -0.3 is 0 Å². The molecule has 0 unspecified atom stereocenters. The number of aromatic nitrogens is 3. The summed E-state index contributed by atoms with van der Waals surface area (Å²) >= 11 is 2.13. The lowest BCUT2D eigenvalue weighted by atomic mass is 10.2. The van der Waals surface area contributed by atoms with Gasteiger partial charge >= 0.3 is 0 Å². The number of benzene rings is 1. The quantitative estimate of drug-likeness (QED) is 0.582. The van der Waals surface area contributed by atoms with E-state index in [1.165, 1.54) is 12.2 Å². The van der Waals surface area contributed by atoms with Crippen molar-refractivity contribution in [3.05, 3.63) is 57.4 Å². The fourth-order valence-corrected chi connectivity index (χ4v) is 2.57. The van der Waals surface area contributed by atoms with Crippen LogP contribution < -0.4 is 0 Å². The normalized spacial score (nSPS) is 14.2. The monoisotopic (exact) mass is 392 g/mol. The van der Waals surface area contributed by atoms with E-state index in [4.69, 9.17) is 0 Å². The third kappa shape index (κ3) is 2.87. The lowest BCUT2D eigenvalue weighted by molar-refractivity contribution is -0.137. The number of rotatable bonds is 4. The zero-order valence-electron chi connectivity index (χ0n) is 10.9. The molecule has 2 aromatic rings. The molecule has 0 atom stereocenters. The van der Waals surface area contributed by atoms with Crippen molar-refractivity contribution < 1.29 is 9.59 Å². The number of imide groups is 1. The van der Waals surface area contributed by atoms with Crippen molar-refractivity contribution in [2.24, 2.45) is 0 Å². The van der Waals surface area contributed by atoms with Crippen LogP contribution in [-0.2, 0) is 22.7 Å². The molecule has 0 aliphatic carbocycles. The molecule has 0 radical (unpaired) electrons. The Labute approximate surface area is 134 Å². The highest BCUT2D eigenvalue weighted by Gasteiger charge is 2.25. The molecule has 2 amide bonds. The van der Waals surface area contributed by atoms with Gasteiger partial charge in [-0.2, -0.15) is 0 Å². The molecule has 3 rings (SSSR count). The van der Waals surface area contributed by atoms with E-state index in [0.29, 0.717) is 12.2 Å². The van der Waals surface area contributed by atoms with Crippen LogP contribution in [-0.4, -0.2) is 31.7 Å². The van der Waals surface area contributed by atoms with Crippen LogP contribution in [0.1, 0.15) is 11.3 Å². The van der Waals surface area contributed by atoms with Gasteiger partial charge in [-0.05, 0) is 28.2 Å². The predicted octanol–water partition coefficient (Wildman–Crippen LogP) is 1.36. The smallest absolute Gasteiger partial charge is 0.253 e. The number of carbonyl (C=O) groups excluding carboxylic acids is 2. The van der Waals surface area contributed by atoms with Gasteiger partial charge in [-0.1, -0.05) is 35.5 Å². The Morgan fingerprint density at radius 2 is 1.67 bits per heavy atom. The van der Waals surface area contributed by atoms with Crippen LogP contribution in [0.15, 0.2) is 42.5 Å². The van der Waals surface area contributed by atoms with Crippen LogP contribution in [0.2, 0.25) is 0 Å². The Bertz CT molecular complexity index is 706. The minimum atomic E-state index is -0.312. The van der Waals surface area contributed by atoms with Crippen LogP contribution in [0, 0.1) is 3.70 Å². The molecular weight excluding hydrogens is 381 g/mol. The molecule has 1 aromatic heterocycles. The second-order valence-corrected chi connectivity index (χ2v) is 5.59. The minimum Gasteiger partial charge on any atom is -0.269 e. The zero-order chi connectivity index (χ0) is 14.8. The van der Waals surface area contributed by atoms with E-state index >= 15 is 0 Å². The van der Waals surface area contributed by atoms with Crippen molar-refractivity contribution in [2.45, 2.75) is 13.1 Å². The molecular formula is C14H11IN4O2. The molecule has 0 N–H and O–H groups in total. The van der Waals surface area contributed by atoms with E-state index in [-0.39, 0.29) is 18.4 Å². The van der Waals surface area contributed by atoms with Crippen LogP contribution in [0.4, 0.5) is 0 Å². The number of hydrogen-bond acceptors (Lipinski definition) is 4. The predicted molar refractivity (Wildman–Crippen MR) is 83.0 cm³/mol. The van der Waals surface area contributed by atoms with Crippen LogP contribution >= 0.6 is 22.6 Å². The maximum atomic E-state index is 11.6. The number of nitrogens with zero attached hydrogens (tertiary/aromatic N) is 4. The van der Waals surface area contributed by atoms with Gasteiger partial charge in [0.05, 0.1) is 13.1 Å². The summed E-state index contributed by atoms with van der Waals surface area (Å²) in [5, 5.41) is 8.17. The molecule has 1 aliphatic heterocycles. The SMILES string of the molecule is O=C1C=CC(=O)N1Cc1nnn(Cc2ccccc2)c1[125I]. The van der Waals surface area contributed by atoms with Gasteiger partial charge in [-0.3, -0.25) is 14.5 Å². The Morgan fingerprint density at radius 3 is 2.33 bits per heavy atom. The Hall–Kier alpha value is -2.03. The number of amides is 2. The summed E-state index contributed by atoms with van der Waals surface area (Å²) in [5.74, 6) is -0.623. The molecule has 0 fully saturated rings. The van der Waals surface area contributed by atoms with E-state index in [1.807, 2.05) is 30.3 Å². The van der Waals surface area contributed by atoms with Crippen LogP contribution in [0.5, 0.6) is 0 Å². The fourth-order valence-electron chi connectivity index (χ4n) is 2.03. The van der Waals surface area contributed by atoms with Gasteiger partial charge in [0.1, 0.15) is 9.39 Å². The second-order valence-electron chi connectivity index (χ2n) is 4.57. The van der Waals surface area contributed by atoms with E-state index < -0.39 is 0 Å². The Morgan fingerprint density at radius 1 is 1.00 bits per heavy atom. The van der Waals surface area contributed by atoms with Crippen molar-refractivity contribution in [2.75, 3.05) is 0 Å². The fraction of sp³-hybridized carbons (Fsp3) is 0.143. The zero-order valence-corrected chi connectivity index (χ0v) is 13.1. The maximum Gasteiger partial charge on any atom is 0.253 e. The van der Waals surface area contributed by atoms with Crippen LogP contribution in [0.3, 0.4) is 0 Å². The standard InChI is InChI=1S/C14H11IN4O2/c15-14-11(9-18-12(20)6-7-13(18)21)16-17-19(14)8-10-4-2-1-3-5-10/h1-7H,8-9H2/i15-2. The highest BCUT2D eigenvalue weighted by molar-refractivity contribution is 14.1. The summed E-state index contributed by atoms with van der Waals surface area (Å²) in [5.41, 5.74) is 1.73. The van der Waals surface area contributed by atoms with E-state index in [2.05, 4.69) is 32.9 Å². The number of hydrogen-bond donors (Lipinski definition) is 0. The first kappa shape index (κ1) is 13.9. The Kier molecular flexibility index (Phi) is 3.82. The molecule has 1 aromatic carbocycles. The lowest BCUT2D eigenvalue weighted by Crippen LogP contribution is -2.29. The number of carbonyl (C=O) groups is 2. The molecule has 0 bridgehead atoms. The third-order valence-electron chi connectivity index (χ3n) is 3.12. The van der Waals surface area contributed by atoms with Gasteiger partial charge in [-0.15, -0.1) is 5.10 Å². The third-order valence-corrected chi connectivity index (χ3v) is 4.30. The minimum absolute atomic E-state index is 0.151. The lowest BCUT2D eigenvalue weighted by Gasteiger charge is -2.11. The summed E-state index contributed by atoms with van der Waals surface area (Å²) in [4.78, 5) is 24.3. The first-order chi connectivity index (χ1) is 10.1. The average molecular weight is 392 g/mol. The topological polar surface area (TPSA) is 68.1 Å². The molecule has 0 spiro atoms.